The van der Waals surface area contributed by atoms with E-state index >= 15 is 0 Å². The maximum Gasteiger partial charge on any atom is 0.338 e. The van der Waals surface area contributed by atoms with Crippen molar-refractivity contribution in [3.63, 3.8) is 0 Å². The third-order valence-electron chi connectivity index (χ3n) is 4.43. The number of carbonyl (C=O) groups excluding carboxylic acids is 2. The lowest BCUT2D eigenvalue weighted by Crippen LogP contribution is -2.35. The molecular formula is C21H23N3O3. The van der Waals surface area contributed by atoms with Gasteiger partial charge in [-0.25, -0.2) is 9.78 Å². The molecule has 6 nitrogen and oxygen atoms in total. The number of fused-ring (bicyclic) bond motifs is 1. The average Bonchev–Trinajstić information content (AvgIpc) is 3.01. The molecule has 0 radical (unpaired) electrons. The fourth-order valence-electron chi connectivity index (χ4n) is 2.86. The second kappa shape index (κ2) is 8.03. The van der Waals surface area contributed by atoms with Gasteiger partial charge in [0.25, 0.3) is 5.91 Å². The summed E-state index contributed by atoms with van der Waals surface area (Å²) in [6, 6.07) is 15.2. The number of hydrogen-bond donors (Lipinski definition) is 1. The van der Waals surface area contributed by atoms with Crippen LogP contribution in [0.15, 0.2) is 48.5 Å². The van der Waals surface area contributed by atoms with Gasteiger partial charge in [0.2, 0.25) is 0 Å². The molecule has 1 heterocycles. The fraction of sp³-hybridized carbons (Fsp3) is 0.286. The molecule has 27 heavy (non-hydrogen) atoms. The highest BCUT2D eigenvalue weighted by molar-refractivity contribution is 5.95. The number of hydrogen-bond acceptors (Lipinski definition) is 4. The summed E-state index contributed by atoms with van der Waals surface area (Å²) in [6.07, 6.45) is 0.819. The minimum Gasteiger partial charge on any atom is -0.452 e. The molecule has 6 heteroatoms. The molecule has 3 rings (SSSR count). The summed E-state index contributed by atoms with van der Waals surface area (Å²) < 4.78 is 7.15. The van der Waals surface area contributed by atoms with Gasteiger partial charge in [0.1, 0.15) is 5.82 Å². The second-order valence-corrected chi connectivity index (χ2v) is 6.49. The number of rotatable bonds is 6. The van der Waals surface area contributed by atoms with E-state index in [-0.39, 0.29) is 18.6 Å². The molecular weight excluding hydrogens is 342 g/mol. The van der Waals surface area contributed by atoms with E-state index in [2.05, 4.69) is 10.3 Å². The molecule has 0 bridgehead atoms. The van der Waals surface area contributed by atoms with Gasteiger partial charge >= 0.3 is 5.97 Å². The Bertz CT molecular complexity index is 963. The molecule has 0 aliphatic rings. The number of carbonyl (C=O) groups is 2. The summed E-state index contributed by atoms with van der Waals surface area (Å²) in [7, 11) is 0. The third kappa shape index (κ3) is 4.16. The molecule has 0 fully saturated rings. The van der Waals surface area contributed by atoms with Crippen LogP contribution >= 0.6 is 0 Å². The van der Waals surface area contributed by atoms with Crippen LogP contribution in [0.1, 0.15) is 36.5 Å². The summed E-state index contributed by atoms with van der Waals surface area (Å²) in [5.74, 6) is -0.0132. The Morgan fingerprint density at radius 2 is 1.93 bits per heavy atom. The SMILES string of the molecule is CCC(C)NC(=O)COC(=O)c1ccc2c(c1)nc(C)n2-c1ccccc1. The van der Waals surface area contributed by atoms with E-state index in [1.165, 1.54) is 0 Å². The number of imidazole rings is 1. The first kappa shape index (κ1) is 18.6. The van der Waals surface area contributed by atoms with E-state index in [1.807, 2.05) is 61.7 Å². The molecule has 0 saturated carbocycles. The van der Waals surface area contributed by atoms with Crippen molar-refractivity contribution < 1.29 is 14.3 Å². The van der Waals surface area contributed by atoms with Gasteiger partial charge in [0, 0.05) is 11.7 Å². The van der Waals surface area contributed by atoms with E-state index in [1.54, 1.807) is 12.1 Å². The minimum absolute atomic E-state index is 0.0532. The van der Waals surface area contributed by atoms with Crippen LogP contribution in [0.3, 0.4) is 0 Å². The van der Waals surface area contributed by atoms with Crippen molar-refractivity contribution in [3.8, 4) is 5.69 Å². The predicted molar refractivity (Wildman–Crippen MR) is 104 cm³/mol. The molecule has 1 aromatic heterocycles. The van der Waals surface area contributed by atoms with Gasteiger partial charge in [-0.2, -0.15) is 0 Å². The number of esters is 1. The lowest BCUT2D eigenvalue weighted by Gasteiger charge is -2.11. The van der Waals surface area contributed by atoms with Crippen LogP contribution in [-0.4, -0.2) is 34.1 Å². The zero-order valence-electron chi connectivity index (χ0n) is 15.7. The molecule has 1 amide bonds. The van der Waals surface area contributed by atoms with Crippen molar-refractivity contribution in [1.82, 2.24) is 14.9 Å². The maximum absolute atomic E-state index is 12.3. The van der Waals surface area contributed by atoms with Crippen LogP contribution in [0, 0.1) is 6.92 Å². The third-order valence-corrected chi connectivity index (χ3v) is 4.43. The lowest BCUT2D eigenvalue weighted by molar-refractivity contribution is -0.124. The Morgan fingerprint density at radius 3 is 2.63 bits per heavy atom. The summed E-state index contributed by atoms with van der Waals surface area (Å²) in [6.45, 7) is 5.50. The zero-order chi connectivity index (χ0) is 19.4. The van der Waals surface area contributed by atoms with Gasteiger partial charge in [-0.05, 0) is 50.6 Å². The standard InChI is InChI=1S/C21H23N3O3/c1-4-14(2)22-20(25)13-27-21(26)16-10-11-19-18(12-16)23-15(3)24(19)17-8-6-5-7-9-17/h5-12,14H,4,13H2,1-3H3,(H,22,25). The lowest BCUT2D eigenvalue weighted by atomic mass is 10.2. The normalized spacial score (nSPS) is 12.0. The highest BCUT2D eigenvalue weighted by atomic mass is 16.5. The molecule has 1 N–H and O–H groups in total. The van der Waals surface area contributed by atoms with Crippen molar-refractivity contribution in [2.75, 3.05) is 6.61 Å². The first-order chi connectivity index (χ1) is 13.0. The molecule has 0 saturated heterocycles. The number of aromatic nitrogens is 2. The second-order valence-electron chi connectivity index (χ2n) is 6.49. The molecule has 2 aromatic carbocycles. The van der Waals surface area contributed by atoms with E-state index in [0.717, 1.165) is 23.4 Å². The number of para-hydroxylation sites is 1. The number of amides is 1. The van der Waals surface area contributed by atoms with Gasteiger partial charge in [-0.3, -0.25) is 9.36 Å². The number of benzene rings is 2. The molecule has 1 atom stereocenters. The Hall–Kier alpha value is -3.15. The average molecular weight is 365 g/mol. The van der Waals surface area contributed by atoms with Crippen LogP contribution in [0.25, 0.3) is 16.7 Å². The van der Waals surface area contributed by atoms with Crippen LogP contribution in [0.5, 0.6) is 0 Å². The molecule has 1 unspecified atom stereocenters. The smallest absolute Gasteiger partial charge is 0.338 e. The summed E-state index contributed by atoms with van der Waals surface area (Å²) in [5, 5.41) is 2.76. The molecule has 140 valence electrons. The molecule has 0 aliphatic heterocycles. The molecule has 0 spiro atoms. The summed E-state index contributed by atoms with van der Waals surface area (Å²) in [4.78, 5) is 28.6. The largest absolute Gasteiger partial charge is 0.452 e. The molecule has 0 aliphatic carbocycles. The van der Waals surface area contributed by atoms with Crippen LogP contribution < -0.4 is 5.32 Å². The monoisotopic (exact) mass is 365 g/mol. The highest BCUT2D eigenvalue weighted by Gasteiger charge is 2.15. The number of aryl methyl sites for hydroxylation is 1. The first-order valence-corrected chi connectivity index (χ1v) is 9.00. The summed E-state index contributed by atoms with van der Waals surface area (Å²) in [5.41, 5.74) is 2.99. The van der Waals surface area contributed by atoms with Crippen molar-refractivity contribution in [2.24, 2.45) is 0 Å². The van der Waals surface area contributed by atoms with Crippen molar-refractivity contribution in [1.29, 1.82) is 0 Å². The van der Waals surface area contributed by atoms with Crippen molar-refractivity contribution in [2.45, 2.75) is 33.2 Å². The van der Waals surface area contributed by atoms with Crippen LogP contribution in [-0.2, 0) is 9.53 Å². The van der Waals surface area contributed by atoms with Crippen molar-refractivity contribution in [3.05, 3.63) is 59.9 Å². The Labute approximate surface area is 158 Å². The zero-order valence-corrected chi connectivity index (χ0v) is 15.7. The quantitative estimate of drug-likeness (QED) is 0.680. The Morgan fingerprint density at radius 1 is 1.19 bits per heavy atom. The summed E-state index contributed by atoms with van der Waals surface area (Å²) >= 11 is 0. The number of nitrogens with zero attached hydrogens (tertiary/aromatic N) is 2. The van der Waals surface area contributed by atoms with Gasteiger partial charge in [-0.15, -0.1) is 0 Å². The van der Waals surface area contributed by atoms with Gasteiger partial charge in [0.15, 0.2) is 6.61 Å². The predicted octanol–water partition coefficient (Wildman–Crippen LogP) is 3.41. The number of ether oxygens (including phenoxy) is 1. The van der Waals surface area contributed by atoms with Crippen molar-refractivity contribution >= 4 is 22.9 Å². The van der Waals surface area contributed by atoms with Gasteiger partial charge in [0.05, 0.1) is 16.6 Å². The van der Waals surface area contributed by atoms with Crippen LogP contribution in [0.2, 0.25) is 0 Å². The van der Waals surface area contributed by atoms with Gasteiger partial charge < -0.3 is 10.1 Å². The van der Waals surface area contributed by atoms with E-state index < -0.39 is 5.97 Å². The van der Waals surface area contributed by atoms with Gasteiger partial charge in [-0.1, -0.05) is 25.1 Å². The molecule has 3 aromatic rings. The van der Waals surface area contributed by atoms with E-state index in [4.69, 9.17) is 4.74 Å². The highest BCUT2D eigenvalue weighted by Crippen LogP contribution is 2.22. The van der Waals surface area contributed by atoms with Crippen LogP contribution in [0.4, 0.5) is 0 Å². The fourth-order valence-corrected chi connectivity index (χ4v) is 2.86. The topological polar surface area (TPSA) is 73.2 Å². The minimum atomic E-state index is -0.539. The van der Waals surface area contributed by atoms with E-state index in [9.17, 15) is 9.59 Å². The first-order valence-electron chi connectivity index (χ1n) is 9.00. The Kier molecular flexibility index (Phi) is 5.54. The number of nitrogens with one attached hydrogen (secondary N) is 1. The van der Waals surface area contributed by atoms with E-state index in [0.29, 0.717) is 11.1 Å². The maximum atomic E-state index is 12.3. The Balaban J connectivity index is 1.77.